The lowest BCUT2D eigenvalue weighted by molar-refractivity contribution is 0.0666. The van der Waals surface area contributed by atoms with Crippen molar-refractivity contribution in [3.63, 3.8) is 0 Å². The molecule has 0 spiro atoms. The van der Waals surface area contributed by atoms with Crippen molar-refractivity contribution >= 4 is 17.2 Å². The zero-order chi connectivity index (χ0) is 15.8. The van der Waals surface area contributed by atoms with Crippen molar-refractivity contribution in [2.45, 2.75) is 57.5 Å². The van der Waals surface area contributed by atoms with E-state index in [1.807, 2.05) is 29.2 Å². The smallest absolute Gasteiger partial charge is 0.264 e. The number of aromatic nitrogens is 2. The number of carbonyl (C=O) groups is 1. The Labute approximate surface area is 141 Å². The first-order valence-electron chi connectivity index (χ1n) is 8.62. The highest BCUT2D eigenvalue weighted by Crippen LogP contribution is 2.30. The van der Waals surface area contributed by atoms with E-state index in [9.17, 15) is 4.79 Å². The molecule has 2 aliphatic carbocycles. The Balaban J connectivity index is 1.63. The summed E-state index contributed by atoms with van der Waals surface area (Å²) in [6.45, 7) is 0.671. The SMILES string of the molecule is Cn1nc(CN(C(=O)c2cccs2)C2CCCC2)c2c1CCC2. The largest absolute Gasteiger partial charge is 0.329 e. The van der Waals surface area contributed by atoms with Crippen LogP contribution in [0.15, 0.2) is 17.5 Å². The quantitative estimate of drug-likeness (QED) is 0.860. The topological polar surface area (TPSA) is 38.1 Å². The van der Waals surface area contributed by atoms with Crippen molar-refractivity contribution < 1.29 is 4.79 Å². The average molecular weight is 329 g/mol. The standard InChI is InChI=1S/C18H23N3OS/c1-20-16-9-4-8-14(16)15(19-20)12-21(13-6-2-3-7-13)18(22)17-10-5-11-23-17/h5,10-11,13H,2-4,6-9,12H2,1H3. The molecule has 0 saturated heterocycles. The van der Waals surface area contributed by atoms with E-state index in [1.54, 1.807) is 11.3 Å². The van der Waals surface area contributed by atoms with Gasteiger partial charge in [-0.3, -0.25) is 9.48 Å². The van der Waals surface area contributed by atoms with E-state index in [1.165, 1.54) is 30.5 Å². The van der Waals surface area contributed by atoms with Gasteiger partial charge in [-0.1, -0.05) is 18.9 Å². The van der Waals surface area contributed by atoms with Gasteiger partial charge in [-0.05, 0) is 49.1 Å². The zero-order valence-corrected chi connectivity index (χ0v) is 14.4. The summed E-state index contributed by atoms with van der Waals surface area (Å²) < 4.78 is 2.03. The minimum Gasteiger partial charge on any atom is -0.329 e. The molecular weight excluding hydrogens is 306 g/mol. The van der Waals surface area contributed by atoms with E-state index in [0.717, 1.165) is 36.3 Å². The Hall–Kier alpha value is -1.62. The Morgan fingerprint density at radius 3 is 2.91 bits per heavy atom. The summed E-state index contributed by atoms with van der Waals surface area (Å²) in [5.41, 5.74) is 3.89. The van der Waals surface area contributed by atoms with Crippen molar-refractivity contribution in [2.75, 3.05) is 0 Å². The number of thiophene rings is 1. The maximum Gasteiger partial charge on any atom is 0.264 e. The molecule has 2 aliphatic rings. The molecular formula is C18H23N3OS. The number of carbonyl (C=O) groups excluding carboxylic acids is 1. The molecule has 4 rings (SSSR count). The molecule has 4 nitrogen and oxygen atoms in total. The number of aryl methyl sites for hydroxylation is 1. The van der Waals surface area contributed by atoms with Crippen LogP contribution in [0.4, 0.5) is 0 Å². The summed E-state index contributed by atoms with van der Waals surface area (Å²) in [6, 6.07) is 4.28. The first-order valence-corrected chi connectivity index (χ1v) is 9.50. The van der Waals surface area contributed by atoms with Crippen LogP contribution >= 0.6 is 11.3 Å². The van der Waals surface area contributed by atoms with E-state index in [2.05, 4.69) is 4.90 Å². The van der Waals surface area contributed by atoms with E-state index in [0.29, 0.717) is 12.6 Å². The first kappa shape index (κ1) is 14.9. The van der Waals surface area contributed by atoms with E-state index < -0.39 is 0 Å². The maximum atomic E-state index is 13.0. The van der Waals surface area contributed by atoms with Crippen molar-refractivity contribution in [3.8, 4) is 0 Å². The van der Waals surface area contributed by atoms with Crippen LogP contribution in [0.3, 0.4) is 0 Å². The zero-order valence-electron chi connectivity index (χ0n) is 13.6. The molecule has 5 heteroatoms. The number of hydrogen-bond acceptors (Lipinski definition) is 3. The number of nitrogens with zero attached hydrogens (tertiary/aromatic N) is 3. The second-order valence-corrected chi connectivity index (χ2v) is 7.65. The van der Waals surface area contributed by atoms with Crippen LogP contribution in [-0.2, 0) is 26.4 Å². The summed E-state index contributed by atoms with van der Waals surface area (Å²) >= 11 is 1.54. The van der Waals surface area contributed by atoms with Gasteiger partial charge in [0.1, 0.15) is 0 Å². The highest BCUT2D eigenvalue weighted by Gasteiger charge is 2.30. The van der Waals surface area contributed by atoms with Crippen LogP contribution in [0, 0.1) is 0 Å². The molecule has 2 aromatic heterocycles. The Kier molecular flexibility index (Phi) is 3.97. The fraction of sp³-hybridized carbons (Fsp3) is 0.556. The van der Waals surface area contributed by atoms with Gasteiger partial charge in [-0.15, -0.1) is 11.3 Å². The molecule has 0 aliphatic heterocycles. The number of fused-ring (bicyclic) bond motifs is 1. The van der Waals surface area contributed by atoms with Crippen LogP contribution < -0.4 is 0 Å². The molecule has 2 heterocycles. The molecule has 23 heavy (non-hydrogen) atoms. The third-order valence-corrected chi connectivity index (χ3v) is 6.13. The second kappa shape index (κ2) is 6.11. The predicted octanol–water partition coefficient (Wildman–Crippen LogP) is 3.56. The minimum atomic E-state index is 0.185. The molecule has 0 aromatic carbocycles. The fourth-order valence-electron chi connectivity index (χ4n) is 4.11. The van der Waals surface area contributed by atoms with Crippen LogP contribution in [0.5, 0.6) is 0 Å². The Bertz CT molecular complexity index is 698. The number of amides is 1. The van der Waals surface area contributed by atoms with Crippen LogP contribution in [0.25, 0.3) is 0 Å². The molecule has 2 aromatic rings. The third kappa shape index (κ3) is 2.71. The molecule has 1 amide bonds. The fourth-order valence-corrected chi connectivity index (χ4v) is 4.79. The van der Waals surface area contributed by atoms with Gasteiger partial charge in [0, 0.05) is 18.8 Å². The molecule has 0 radical (unpaired) electrons. The molecule has 122 valence electrons. The average Bonchev–Trinajstić information content (AvgIpc) is 3.32. The Morgan fingerprint density at radius 1 is 1.35 bits per heavy atom. The van der Waals surface area contributed by atoms with Gasteiger partial charge < -0.3 is 4.90 Å². The van der Waals surface area contributed by atoms with Gasteiger partial charge in [0.25, 0.3) is 5.91 Å². The van der Waals surface area contributed by atoms with Gasteiger partial charge >= 0.3 is 0 Å². The van der Waals surface area contributed by atoms with E-state index in [-0.39, 0.29) is 5.91 Å². The highest BCUT2D eigenvalue weighted by molar-refractivity contribution is 7.12. The molecule has 0 unspecified atom stereocenters. The van der Waals surface area contributed by atoms with E-state index in [4.69, 9.17) is 5.10 Å². The van der Waals surface area contributed by atoms with Gasteiger partial charge in [0.2, 0.25) is 0 Å². The van der Waals surface area contributed by atoms with Gasteiger partial charge in [-0.2, -0.15) is 5.10 Å². The summed E-state index contributed by atoms with van der Waals surface area (Å²) in [5.74, 6) is 0.185. The Morgan fingerprint density at radius 2 is 2.17 bits per heavy atom. The molecule has 0 bridgehead atoms. The lowest BCUT2D eigenvalue weighted by Gasteiger charge is -2.28. The van der Waals surface area contributed by atoms with Gasteiger partial charge in [0.15, 0.2) is 0 Å². The van der Waals surface area contributed by atoms with Crippen molar-refractivity contribution in [2.24, 2.45) is 7.05 Å². The van der Waals surface area contributed by atoms with E-state index >= 15 is 0 Å². The summed E-state index contributed by atoms with van der Waals surface area (Å²) in [4.78, 5) is 16.0. The second-order valence-electron chi connectivity index (χ2n) is 6.70. The summed E-state index contributed by atoms with van der Waals surface area (Å²) in [6.07, 6.45) is 8.19. The normalized spacial score (nSPS) is 17.6. The summed E-state index contributed by atoms with van der Waals surface area (Å²) in [7, 11) is 2.04. The predicted molar refractivity (Wildman–Crippen MR) is 91.7 cm³/mol. The summed E-state index contributed by atoms with van der Waals surface area (Å²) in [5, 5.41) is 6.72. The molecule has 0 atom stereocenters. The number of hydrogen-bond donors (Lipinski definition) is 0. The van der Waals surface area contributed by atoms with Crippen LogP contribution in [0.1, 0.15) is 58.7 Å². The minimum absolute atomic E-state index is 0.185. The number of rotatable bonds is 4. The monoisotopic (exact) mass is 329 g/mol. The van der Waals surface area contributed by atoms with Crippen LogP contribution in [0.2, 0.25) is 0 Å². The van der Waals surface area contributed by atoms with Gasteiger partial charge in [0.05, 0.1) is 17.1 Å². The lowest BCUT2D eigenvalue weighted by Crippen LogP contribution is -2.38. The molecule has 1 saturated carbocycles. The maximum absolute atomic E-state index is 13.0. The van der Waals surface area contributed by atoms with Crippen LogP contribution in [-0.4, -0.2) is 26.6 Å². The van der Waals surface area contributed by atoms with Crippen molar-refractivity contribution in [3.05, 3.63) is 39.3 Å². The van der Waals surface area contributed by atoms with Crippen molar-refractivity contribution in [1.29, 1.82) is 0 Å². The van der Waals surface area contributed by atoms with Crippen molar-refractivity contribution in [1.82, 2.24) is 14.7 Å². The highest BCUT2D eigenvalue weighted by atomic mass is 32.1. The van der Waals surface area contributed by atoms with Gasteiger partial charge in [-0.25, -0.2) is 0 Å². The third-order valence-electron chi connectivity index (χ3n) is 5.28. The lowest BCUT2D eigenvalue weighted by atomic mass is 10.1. The first-order chi connectivity index (χ1) is 11.2. The molecule has 1 fully saturated rings. The molecule has 0 N–H and O–H groups in total.